The van der Waals surface area contributed by atoms with Gasteiger partial charge in [0.1, 0.15) is 0 Å². The summed E-state index contributed by atoms with van der Waals surface area (Å²) in [5, 5.41) is 1.53. The molecule has 1 unspecified atom stereocenters. The molecule has 1 fully saturated rings. The molecule has 0 radical (unpaired) electrons. The molecule has 1 aliphatic rings. The number of fused-ring (bicyclic) bond motifs is 1. The molecule has 8 heteroatoms. The number of amides is 1. The highest BCUT2D eigenvalue weighted by atomic mass is 79.9. The number of H-pyrrole nitrogens is 1. The maximum absolute atomic E-state index is 13.9. The second-order valence-electron chi connectivity index (χ2n) is 9.19. The predicted molar refractivity (Wildman–Crippen MR) is 152 cm³/mol. The number of nitrogens with zero attached hydrogens (tertiary/aromatic N) is 1. The number of thioether (sulfide) groups is 1. The van der Waals surface area contributed by atoms with Crippen LogP contribution < -0.4 is 0 Å². The standard InChI is InChI=1S/C29H26BrClN2O3S/c1-3-36-28(35)29(37-22-11-4-18(2)5-12-22)15-26(34)33(17-19-6-8-20(30)9-7-19)27(29)24-16-32-25-14-21(31)10-13-23(24)25/h4-14,16,27,32H,3,15,17H2,1-2H3/t27-,29?/m0/s1. The van der Waals surface area contributed by atoms with Crippen LogP contribution in [0.25, 0.3) is 10.9 Å². The third kappa shape index (κ3) is 5.05. The van der Waals surface area contributed by atoms with Crippen molar-refractivity contribution in [1.82, 2.24) is 9.88 Å². The Bertz CT molecular complexity index is 1450. The molecule has 2 atom stereocenters. The van der Waals surface area contributed by atoms with Crippen molar-refractivity contribution in [2.24, 2.45) is 0 Å². The topological polar surface area (TPSA) is 62.4 Å². The summed E-state index contributed by atoms with van der Waals surface area (Å²) in [4.78, 5) is 33.7. The van der Waals surface area contributed by atoms with Crippen LogP contribution in [0.15, 0.2) is 82.3 Å². The number of halogens is 2. The van der Waals surface area contributed by atoms with Crippen molar-refractivity contribution >= 4 is 62.1 Å². The molecule has 1 saturated heterocycles. The fraction of sp³-hybridized carbons (Fsp3) is 0.241. The molecular weight excluding hydrogens is 572 g/mol. The Morgan fingerprint density at radius 2 is 1.89 bits per heavy atom. The molecule has 190 valence electrons. The van der Waals surface area contributed by atoms with E-state index in [0.717, 1.165) is 37.0 Å². The van der Waals surface area contributed by atoms with E-state index in [0.29, 0.717) is 11.6 Å². The maximum atomic E-state index is 13.9. The Balaban J connectivity index is 1.68. The average molecular weight is 598 g/mol. The smallest absolute Gasteiger partial charge is 0.325 e. The normalized spacial score (nSPS) is 19.5. The molecule has 0 saturated carbocycles. The maximum Gasteiger partial charge on any atom is 0.325 e. The van der Waals surface area contributed by atoms with Crippen molar-refractivity contribution in [3.05, 3.63) is 99.1 Å². The average Bonchev–Trinajstić information content (AvgIpc) is 3.40. The van der Waals surface area contributed by atoms with E-state index in [9.17, 15) is 9.59 Å². The van der Waals surface area contributed by atoms with E-state index in [1.807, 2.05) is 84.8 Å². The van der Waals surface area contributed by atoms with Gasteiger partial charge in [0.05, 0.1) is 19.1 Å². The molecule has 4 aromatic rings. The van der Waals surface area contributed by atoms with Crippen LogP contribution in [0.1, 0.15) is 36.1 Å². The van der Waals surface area contributed by atoms with Crippen molar-refractivity contribution in [3.8, 4) is 0 Å². The van der Waals surface area contributed by atoms with Gasteiger partial charge in [-0.25, -0.2) is 0 Å². The molecule has 0 bridgehead atoms. The molecule has 3 aromatic carbocycles. The van der Waals surface area contributed by atoms with Crippen molar-refractivity contribution in [2.45, 2.75) is 42.5 Å². The predicted octanol–water partition coefficient (Wildman–Crippen LogP) is 7.46. The van der Waals surface area contributed by atoms with E-state index in [1.54, 1.807) is 6.92 Å². The zero-order chi connectivity index (χ0) is 26.2. The quantitative estimate of drug-likeness (QED) is 0.225. The van der Waals surface area contributed by atoms with Crippen molar-refractivity contribution in [1.29, 1.82) is 0 Å². The highest BCUT2D eigenvalue weighted by Gasteiger charge is 2.59. The van der Waals surface area contributed by atoms with Gasteiger partial charge in [-0.3, -0.25) is 9.59 Å². The van der Waals surface area contributed by atoms with Crippen LogP contribution >= 0.6 is 39.3 Å². The Morgan fingerprint density at radius 3 is 2.59 bits per heavy atom. The fourth-order valence-corrected chi connectivity index (χ4v) is 6.77. The van der Waals surface area contributed by atoms with Gasteiger partial charge in [-0.2, -0.15) is 0 Å². The first kappa shape index (κ1) is 25.9. The largest absolute Gasteiger partial charge is 0.465 e. The summed E-state index contributed by atoms with van der Waals surface area (Å²) in [7, 11) is 0. The first-order valence-corrected chi connectivity index (χ1v) is 14.0. The molecule has 2 heterocycles. The SMILES string of the molecule is CCOC(=O)C1(Sc2ccc(C)cc2)CC(=O)N(Cc2ccc(Br)cc2)[C@H]1c1c[nH]c2cc(Cl)ccc12. The molecule has 1 N–H and O–H groups in total. The Labute approximate surface area is 233 Å². The second kappa shape index (κ2) is 10.6. The molecule has 1 aromatic heterocycles. The number of nitrogens with one attached hydrogen (secondary N) is 1. The van der Waals surface area contributed by atoms with E-state index in [4.69, 9.17) is 16.3 Å². The number of hydrogen-bond donors (Lipinski definition) is 1. The first-order chi connectivity index (χ1) is 17.8. The lowest BCUT2D eigenvalue weighted by molar-refractivity contribution is -0.147. The molecule has 0 aliphatic carbocycles. The summed E-state index contributed by atoms with van der Waals surface area (Å²) < 4.78 is 5.46. The lowest BCUT2D eigenvalue weighted by atomic mass is 9.92. The summed E-state index contributed by atoms with van der Waals surface area (Å²) in [6.07, 6.45) is 1.92. The van der Waals surface area contributed by atoms with E-state index >= 15 is 0 Å². The van der Waals surface area contributed by atoms with Gasteiger partial charge in [-0.05, 0) is 55.8 Å². The lowest BCUT2D eigenvalue weighted by Crippen LogP contribution is -2.43. The molecule has 37 heavy (non-hydrogen) atoms. The summed E-state index contributed by atoms with van der Waals surface area (Å²) >= 11 is 11.2. The van der Waals surface area contributed by atoms with E-state index < -0.39 is 10.8 Å². The number of hydrogen-bond acceptors (Lipinski definition) is 4. The molecule has 0 spiro atoms. The summed E-state index contributed by atoms with van der Waals surface area (Å²) in [5.41, 5.74) is 3.81. The van der Waals surface area contributed by atoms with E-state index in [1.165, 1.54) is 11.8 Å². The lowest BCUT2D eigenvalue weighted by Gasteiger charge is -2.35. The number of carbonyl (C=O) groups is 2. The number of aryl methyl sites for hydroxylation is 1. The monoisotopic (exact) mass is 596 g/mol. The van der Waals surface area contributed by atoms with Gasteiger partial charge in [-0.1, -0.05) is 63.4 Å². The van der Waals surface area contributed by atoms with Crippen molar-refractivity contribution < 1.29 is 14.3 Å². The minimum atomic E-state index is -1.17. The van der Waals surface area contributed by atoms with Crippen LogP contribution in [0.3, 0.4) is 0 Å². The Kier molecular flexibility index (Phi) is 7.39. The third-order valence-electron chi connectivity index (χ3n) is 6.67. The van der Waals surface area contributed by atoms with Crippen molar-refractivity contribution in [2.75, 3.05) is 6.61 Å². The number of ether oxygens (including phenoxy) is 1. The van der Waals surface area contributed by atoms with E-state index in [2.05, 4.69) is 20.9 Å². The number of likely N-dealkylation sites (tertiary alicyclic amines) is 1. The van der Waals surface area contributed by atoms with Gasteiger partial charge in [0.2, 0.25) is 5.91 Å². The number of esters is 1. The van der Waals surface area contributed by atoms with Gasteiger partial charge < -0.3 is 14.6 Å². The number of carbonyl (C=O) groups excluding carboxylic acids is 2. The van der Waals surface area contributed by atoms with Gasteiger partial charge in [0, 0.05) is 43.6 Å². The molecule has 5 nitrogen and oxygen atoms in total. The highest BCUT2D eigenvalue weighted by molar-refractivity contribution is 9.10. The fourth-order valence-electron chi connectivity index (χ4n) is 4.94. The Hall–Kier alpha value is -2.74. The number of rotatable bonds is 7. The van der Waals surface area contributed by atoms with Crippen LogP contribution in [0, 0.1) is 6.92 Å². The highest BCUT2D eigenvalue weighted by Crippen LogP contribution is 2.54. The summed E-state index contributed by atoms with van der Waals surface area (Å²) in [6, 6.07) is 21.0. The number of aromatic nitrogens is 1. The molecule has 1 aliphatic heterocycles. The van der Waals surface area contributed by atoms with Crippen LogP contribution in [-0.2, 0) is 20.9 Å². The van der Waals surface area contributed by atoms with Crippen LogP contribution in [0.5, 0.6) is 0 Å². The molecule has 5 rings (SSSR count). The zero-order valence-electron chi connectivity index (χ0n) is 20.5. The van der Waals surface area contributed by atoms with Crippen LogP contribution in [-0.4, -0.2) is 33.1 Å². The van der Waals surface area contributed by atoms with Gasteiger partial charge in [0.25, 0.3) is 0 Å². The summed E-state index contributed by atoms with van der Waals surface area (Å²) in [6.45, 7) is 4.41. The van der Waals surface area contributed by atoms with E-state index in [-0.39, 0.29) is 24.9 Å². The minimum Gasteiger partial charge on any atom is -0.465 e. The van der Waals surface area contributed by atoms with Crippen LogP contribution in [0.2, 0.25) is 5.02 Å². The second-order valence-corrected chi connectivity index (χ2v) is 11.9. The van der Waals surface area contributed by atoms with Gasteiger partial charge >= 0.3 is 5.97 Å². The molecular formula is C29H26BrClN2O3S. The first-order valence-electron chi connectivity index (χ1n) is 12.0. The minimum absolute atomic E-state index is 0.0336. The van der Waals surface area contributed by atoms with Gasteiger partial charge in [-0.15, -0.1) is 11.8 Å². The van der Waals surface area contributed by atoms with Gasteiger partial charge in [0.15, 0.2) is 4.75 Å². The zero-order valence-corrected chi connectivity index (χ0v) is 23.6. The van der Waals surface area contributed by atoms with Crippen LogP contribution in [0.4, 0.5) is 0 Å². The Morgan fingerprint density at radius 1 is 1.16 bits per heavy atom. The third-order valence-corrected chi connectivity index (χ3v) is 8.84. The number of benzene rings is 3. The molecule has 1 amide bonds. The van der Waals surface area contributed by atoms with Crippen molar-refractivity contribution in [3.63, 3.8) is 0 Å². The number of aromatic amines is 1. The summed E-state index contributed by atoms with van der Waals surface area (Å²) in [5.74, 6) is -0.482.